The Bertz CT molecular complexity index is 2150. The van der Waals surface area contributed by atoms with Crippen LogP contribution in [0.3, 0.4) is 0 Å². The second-order valence-corrected chi connectivity index (χ2v) is 16.6. The Labute approximate surface area is 382 Å². The number of imidazole rings is 1. The minimum absolute atomic E-state index is 0.0145. The molecule has 0 aliphatic rings. The first-order valence-electron chi connectivity index (χ1n) is 21.8. The number of nitrogens with two attached hydrogens (primary N) is 3. The lowest BCUT2D eigenvalue weighted by Crippen LogP contribution is -2.60. The molecule has 0 radical (unpaired) electrons. The van der Waals surface area contributed by atoms with Gasteiger partial charge in [0.15, 0.2) is 5.96 Å². The maximum absolute atomic E-state index is 14.3. The lowest BCUT2D eigenvalue weighted by Gasteiger charge is -2.28. The van der Waals surface area contributed by atoms with Gasteiger partial charge in [-0.3, -0.25) is 38.6 Å². The van der Waals surface area contributed by atoms with Gasteiger partial charge in [0.25, 0.3) is 0 Å². The van der Waals surface area contributed by atoms with Crippen LogP contribution in [0.2, 0.25) is 0 Å². The van der Waals surface area contributed by atoms with Gasteiger partial charge in [-0.1, -0.05) is 52.3 Å². The van der Waals surface area contributed by atoms with E-state index < -0.39 is 103 Å². The molecule has 0 aliphatic heterocycles. The first-order valence-corrected chi connectivity index (χ1v) is 21.8. The lowest BCUT2D eigenvalue weighted by molar-refractivity contribution is -0.143. The summed E-state index contributed by atoms with van der Waals surface area (Å²) in [5.74, 6) is -8.04. The Hall–Kier alpha value is -7.04. The zero-order valence-electron chi connectivity index (χ0n) is 37.9. The van der Waals surface area contributed by atoms with Gasteiger partial charge in [0.2, 0.25) is 35.4 Å². The summed E-state index contributed by atoms with van der Waals surface area (Å²) in [6.45, 7) is 8.72. The molecular weight excluding hydrogens is 859 g/mol. The molecule has 0 unspecified atom stereocenters. The van der Waals surface area contributed by atoms with Crippen molar-refractivity contribution in [3.05, 3.63) is 54.2 Å². The van der Waals surface area contributed by atoms with E-state index in [0.29, 0.717) is 17.7 Å². The first-order chi connectivity index (χ1) is 31.2. The molecule has 23 nitrogen and oxygen atoms in total. The summed E-state index contributed by atoms with van der Waals surface area (Å²) in [5.41, 5.74) is 18.9. The number of carbonyl (C=O) groups excluding carboxylic acids is 6. The number of H-pyrrole nitrogens is 2. The number of aromatic nitrogens is 3. The van der Waals surface area contributed by atoms with Crippen molar-refractivity contribution in [2.24, 2.45) is 34.0 Å². The number of carboxylic acids is 2. The number of nitrogens with one attached hydrogen (secondary N) is 8. The lowest BCUT2D eigenvalue weighted by atomic mass is 9.99. The highest BCUT2D eigenvalue weighted by atomic mass is 16.4. The number of aliphatic imine (C=N–C) groups is 1. The minimum Gasteiger partial charge on any atom is -0.481 e. The number of aliphatic carboxylic acids is 2. The molecule has 66 heavy (non-hydrogen) atoms. The van der Waals surface area contributed by atoms with Crippen LogP contribution in [0.1, 0.15) is 84.4 Å². The number of carbonyl (C=O) groups is 8. The van der Waals surface area contributed by atoms with Crippen molar-refractivity contribution in [2.75, 3.05) is 6.54 Å². The average Bonchev–Trinajstić information content (AvgIpc) is 3.94. The minimum atomic E-state index is -1.54. The smallest absolute Gasteiger partial charge is 0.326 e. The highest BCUT2D eigenvalue weighted by Crippen LogP contribution is 2.20. The van der Waals surface area contributed by atoms with E-state index in [9.17, 15) is 48.6 Å². The molecule has 0 spiro atoms. The number of hydrogen-bond donors (Lipinski definition) is 13. The molecule has 1 aromatic carbocycles. The van der Waals surface area contributed by atoms with Gasteiger partial charge in [-0.25, -0.2) is 9.78 Å². The number of para-hydroxylation sites is 1. The van der Waals surface area contributed by atoms with Crippen molar-refractivity contribution in [3.63, 3.8) is 0 Å². The molecular formula is C43H65N13O10. The van der Waals surface area contributed by atoms with Gasteiger partial charge in [-0.2, -0.15) is 0 Å². The Kier molecular flexibility index (Phi) is 21.0. The van der Waals surface area contributed by atoms with Gasteiger partial charge in [-0.15, -0.1) is 0 Å². The van der Waals surface area contributed by atoms with Gasteiger partial charge in [-0.05, 0) is 56.1 Å². The predicted molar refractivity (Wildman–Crippen MR) is 243 cm³/mol. The van der Waals surface area contributed by atoms with Crippen LogP contribution in [0, 0.1) is 11.8 Å². The zero-order valence-corrected chi connectivity index (χ0v) is 37.9. The average molecular weight is 924 g/mol. The molecule has 23 heteroatoms. The molecule has 2 aromatic heterocycles. The third-order valence-corrected chi connectivity index (χ3v) is 10.8. The van der Waals surface area contributed by atoms with Crippen molar-refractivity contribution in [1.29, 1.82) is 0 Å². The van der Waals surface area contributed by atoms with Gasteiger partial charge in [0.05, 0.1) is 12.4 Å². The van der Waals surface area contributed by atoms with Gasteiger partial charge in [0.1, 0.15) is 36.3 Å². The maximum atomic E-state index is 14.3. The number of carboxylic acid groups (broad SMARTS) is 2. The summed E-state index contributed by atoms with van der Waals surface area (Å²) in [4.78, 5) is 120. The molecule has 8 atom stereocenters. The van der Waals surface area contributed by atoms with Crippen LogP contribution in [-0.4, -0.2) is 127 Å². The Morgan fingerprint density at radius 3 is 1.91 bits per heavy atom. The van der Waals surface area contributed by atoms with Crippen molar-refractivity contribution in [3.8, 4) is 0 Å². The molecule has 6 amide bonds. The summed E-state index contributed by atoms with van der Waals surface area (Å²) in [6, 6.07) is -1.72. The van der Waals surface area contributed by atoms with Gasteiger partial charge < -0.3 is 69.3 Å². The number of fused-ring (bicyclic) bond motifs is 1. The van der Waals surface area contributed by atoms with E-state index in [0.717, 1.165) is 10.9 Å². The van der Waals surface area contributed by atoms with Crippen molar-refractivity contribution < 1.29 is 48.6 Å². The highest BCUT2D eigenvalue weighted by molar-refractivity contribution is 5.97. The third kappa shape index (κ3) is 17.2. The second kappa shape index (κ2) is 26.1. The van der Waals surface area contributed by atoms with E-state index in [4.69, 9.17) is 17.2 Å². The van der Waals surface area contributed by atoms with Crippen molar-refractivity contribution in [2.45, 2.75) is 128 Å². The van der Waals surface area contributed by atoms with E-state index in [1.807, 2.05) is 31.2 Å². The highest BCUT2D eigenvalue weighted by Gasteiger charge is 2.34. The van der Waals surface area contributed by atoms with Crippen LogP contribution >= 0.6 is 0 Å². The molecule has 0 saturated carbocycles. The number of hydrogen-bond acceptors (Lipinski definition) is 11. The van der Waals surface area contributed by atoms with Crippen LogP contribution in [-0.2, 0) is 51.2 Å². The van der Waals surface area contributed by atoms with Crippen LogP contribution < -0.4 is 49.1 Å². The van der Waals surface area contributed by atoms with Crippen molar-refractivity contribution >= 4 is 64.2 Å². The molecule has 3 aromatic rings. The van der Waals surface area contributed by atoms with E-state index in [-0.39, 0.29) is 56.4 Å². The fourth-order valence-electron chi connectivity index (χ4n) is 6.83. The SMILES string of the molecule is CC[C@H](C)[C@H](N)C(=O)N[C@@H](C)C(=O)N[C@@H](Cc1c[nH]c2ccccc12)C(=O)N[C@@H](CCCN=C(N)N)C(=O)N[C@@H](CC(C)C)C(=O)N[C@@H](CCC(=O)O)C(=O)N[C@@H](Cc1cnc[nH]1)C(=O)O. The molecule has 2 heterocycles. The topological polar surface area (TPSA) is 384 Å². The van der Waals surface area contributed by atoms with Crippen molar-refractivity contribution in [1.82, 2.24) is 46.9 Å². The summed E-state index contributed by atoms with van der Waals surface area (Å²) in [7, 11) is 0. The summed E-state index contributed by atoms with van der Waals surface area (Å²) >= 11 is 0. The fraction of sp³-hybridized carbons (Fsp3) is 0.535. The summed E-state index contributed by atoms with van der Waals surface area (Å²) in [5, 5.41) is 35.5. The molecule has 3 rings (SSSR count). The number of aromatic amines is 2. The van der Waals surface area contributed by atoms with Crippen LogP contribution in [0.25, 0.3) is 10.9 Å². The van der Waals surface area contributed by atoms with E-state index in [2.05, 4.69) is 51.8 Å². The van der Waals surface area contributed by atoms with E-state index >= 15 is 0 Å². The zero-order chi connectivity index (χ0) is 49.1. The molecule has 0 aliphatic carbocycles. The number of amides is 6. The molecule has 16 N–H and O–H groups in total. The number of benzene rings is 1. The number of nitrogens with zero attached hydrogens (tertiary/aromatic N) is 2. The standard InChI is InChI=1S/C43H65N13O10/c1-6-23(4)35(44)41(64)51-24(5)36(59)54-32(17-25-19-49-28-11-8-7-10-27(25)28)40(63)52-29(12-9-15-48-43(45)46)37(60)55-31(16-22(2)3)39(62)53-30(13-14-34(57)58)38(61)56-33(42(65)66)18-26-20-47-21-50-26/h7-8,10-11,19-24,29-33,35,49H,6,9,12-18,44H2,1-5H3,(H,47,50)(H,51,64)(H,52,63)(H,53,62)(H,54,59)(H,55,60)(H,56,61)(H,57,58)(H,65,66)(H4,45,46,48)/t23-,24-,29-,30-,31-,32-,33-,35-/m0/s1. The van der Waals surface area contributed by atoms with E-state index in [1.54, 1.807) is 27.0 Å². The molecule has 0 saturated heterocycles. The number of guanidine groups is 1. The van der Waals surface area contributed by atoms with Gasteiger partial charge >= 0.3 is 11.9 Å². The Morgan fingerprint density at radius 1 is 0.727 bits per heavy atom. The predicted octanol–water partition coefficient (Wildman–Crippen LogP) is -0.973. The van der Waals surface area contributed by atoms with Crippen LogP contribution in [0.4, 0.5) is 0 Å². The van der Waals surface area contributed by atoms with Crippen LogP contribution in [0.5, 0.6) is 0 Å². The monoisotopic (exact) mass is 923 g/mol. The molecule has 362 valence electrons. The Morgan fingerprint density at radius 2 is 1.32 bits per heavy atom. The maximum Gasteiger partial charge on any atom is 0.326 e. The van der Waals surface area contributed by atoms with Crippen LogP contribution in [0.15, 0.2) is 48.0 Å². The largest absolute Gasteiger partial charge is 0.481 e. The van der Waals surface area contributed by atoms with E-state index in [1.165, 1.54) is 19.4 Å². The normalized spacial score (nSPS) is 14.8. The summed E-state index contributed by atoms with van der Waals surface area (Å²) < 4.78 is 0. The first kappa shape index (κ1) is 53.3. The Balaban J connectivity index is 1.92. The third-order valence-electron chi connectivity index (χ3n) is 10.8. The quantitative estimate of drug-likeness (QED) is 0.0237. The molecule has 0 bridgehead atoms. The fourth-order valence-corrected chi connectivity index (χ4v) is 6.83. The summed E-state index contributed by atoms with van der Waals surface area (Å²) in [6.07, 6.45) is 3.87. The number of rotatable bonds is 28. The molecule has 0 fully saturated rings. The van der Waals surface area contributed by atoms with Gasteiger partial charge in [0, 0.05) is 54.8 Å². The second-order valence-electron chi connectivity index (χ2n) is 16.6.